The molecule has 3 aromatic rings. The Labute approximate surface area is 202 Å². The van der Waals surface area contributed by atoms with Crippen molar-refractivity contribution in [3.8, 4) is 11.3 Å². The van der Waals surface area contributed by atoms with Crippen LogP contribution >= 0.6 is 11.3 Å². The SMILES string of the molecule is CCCc1ccc(-c2csc(N3CCN(S(=O)(=O)c4ccc(C(C)(C)C)cc4)CC3)n2)cc1. The van der Waals surface area contributed by atoms with E-state index in [2.05, 4.69) is 62.2 Å². The molecule has 0 radical (unpaired) electrons. The number of thiazole rings is 1. The normalized spacial score (nSPS) is 15.7. The monoisotopic (exact) mass is 483 g/mol. The molecule has 0 aliphatic carbocycles. The van der Waals surface area contributed by atoms with Crippen LogP contribution in [0.2, 0.25) is 0 Å². The first-order valence-electron chi connectivity index (χ1n) is 11.6. The van der Waals surface area contributed by atoms with Crippen LogP contribution in [-0.2, 0) is 21.9 Å². The van der Waals surface area contributed by atoms with Crippen LogP contribution in [0.3, 0.4) is 0 Å². The van der Waals surface area contributed by atoms with E-state index in [9.17, 15) is 8.42 Å². The van der Waals surface area contributed by atoms with Gasteiger partial charge in [-0.2, -0.15) is 4.31 Å². The third kappa shape index (κ3) is 5.31. The maximum atomic E-state index is 13.1. The van der Waals surface area contributed by atoms with Crippen LogP contribution in [0.4, 0.5) is 5.13 Å². The highest BCUT2D eigenvalue weighted by atomic mass is 32.2. The molecule has 0 saturated carbocycles. The molecular formula is C26H33N3O2S2. The minimum Gasteiger partial charge on any atom is -0.345 e. The van der Waals surface area contributed by atoms with Crippen LogP contribution in [0.15, 0.2) is 58.8 Å². The smallest absolute Gasteiger partial charge is 0.243 e. The number of anilines is 1. The summed E-state index contributed by atoms with van der Waals surface area (Å²) in [5.41, 5.74) is 4.58. The standard InChI is InChI=1S/C26H33N3O2S2/c1-5-6-20-7-9-21(10-8-20)24-19-32-25(27-24)28-15-17-29(18-16-28)33(30,31)23-13-11-22(12-14-23)26(2,3)4/h7-14,19H,5-6,15-18H2,1-4H3. The maximum absolute atomic E-state index is 13.1. The Bertz CT molecular complexity index is 1170. The average Bonchev–Trinajstić information content (AvgIpc) is 3.30. The van der Waals surface area contributed by atoms with E-state index in [-0.39, 0.29) is 5.41 Å². The number of nitrogens with zero attached hydrogens (tertiary/aromatic N) is 3. The highest BCUT2D eigenvalue weighted by molar-refractivity contribution is 7.89. The lowest BCUT2D eigenvalue weighted by molar-refractivity contribution is 0.384. The van der Waals surface area contributed by atoms with Gasteiger partial charge in [-0.05, 0) is 35.1 Å². The van der Waals surface area contributed by atoms with Gasteiger partial charge in [0.1, 0.15) is 0 Å². The van der Waals surface area contributed by atoms with Crippen molar-refractivity contribution in [3.05, 3.63) is 65.0 Å². The molecule has 0 atom stereocenters. The molecule has 1 aliphatic heterocycles. The number of hydrogen-bond acceptors (Lipinski definition) is 5. The lowest BCUT2D eigenvalue weighted by Gasteiger charge is -2.33. The van der Waals surface area contributed by atoms with E-state index in [4.69, 9.17) is 4.98 Å². The zero-order chi connectivity index (χ0) is 23.6. The molecule has 2 heterocycles. The number of piperazine rings is 1. The highest BCUT2D eigenvalue weighted by Crippen LogP contribution is 2.30. The predicted molar refractivity (Wildman–Crippen MR) is 138 cm³/mol. The van der Waals surface area contributed by atoms with Crippen molar-refractivity contribution in [2.45, 2.75) is 50.8 Å². The van der Waals surface area contributed by atoms with Gasteiger partial charge in [0.15, 0.2) is 5.13 Å². The Balaban J connectivity index is 1.40. The van der Waals surface area contributed by atoms with Gasteiger partial charge in [0, 0.05) is 37.1 Å². The molecule has 4 rings (SSSR count). The van der Waals surface area contributed by atoms with E-state index in [1.165, 1.54) is 5.56 Å². The summed E-state index contributed by atoms with van der Waals surface area (Å²) in [6.45, 7) is 10.8. The Morgan fingerprint density at radius 2 is 1.58 bits per heavy atom. The van der Waals surface area contributed by atoms with Crippen LogP contribution < -0.4 is 4.90 Å². The Hall–Kier alpha value is -2.22. The zero-order valence-corrected chi connectivity index (χ0v) is 21.5. The Morgan fingerprint density at radius 1 is 0.939 bits per heavy atom. The Kier molecular flexibility index (Phi) is 6.93. The van der Waals surface area contributed by atoms with Crippen LogP contribution in [0.1, 0.15) is 45.2 Å². The second-order valence-electron chi connectivity index (χ2n) is 9.63. The molecule has 1 aromatic heterocycles. The summed E-state index contributed by atoms with van der Waals surface area (Å²) in [5.74, 6) is 0. The van der Waals surface area contributed by atoms with Crippen LogP contribution in [0.25, 0.3) is 11.3 Å². The number of benzene rings is 2. The second-order valence-corrected chi connectivity index (χ2v) is 12.4. The fraction of sp³-hybridized carbons (Fsp3) is 0.423. The summed E-state index contributed by atoms with van der Waals surface area (Å²) in [6.07, 6.45) is 2.24. The fourth-order valence-electron chi connectivity index (χ4n) is 4.07. The number of sulfonamides is 1. The minimum atomic E-state index is -3.49. The highest BCUT2D eigenvalue weighted by Gasteiger charge is 2.29. The van der Waals surface area contributed by atoms with E-state index >= 15 is 0 Å². The lowest BCUT2D eigenvalue weighted by Crippen LogP contribution is -2.48. The lowest BCUT2D eigenvalue weighted by atomic mass is 9.87. The van der Waals surface area contributed by atoms with Gasteiger partial charge in [-0.25, -0.2) is 13.4 Å². The van der Waals surface area contributed by atoms with Crippen LogP contribution in [0, 0.1) is 0 Å². The van der Waals surface area contributed by atoms with E-state index in [1.807, 2.05) is 12.1 Å². The van der Waals surface area contributed by atoms with Crippen LogP contribution in [-0.4, -0.2) is 43.9 Å². The van der Waals surface area contributed by atoms with Crippen molar-refractivity contribution in [2.75, 3.05) is 31.1 Å². The van der Waals surface area contributed by atoms with Crippen molar-refractivity contribution < 1.29 is 8.42 Å². The largest absolute Gasteiger partial charge is 0.345 e. The van der Waals surface area contributed by atoms with Gasteiger partial charge in [0.05, 0.1) is 10.6 Å². The molecule has 176 valence electrons. The third-order valence-electron chi connectivity index (χ3n) is 6.15. The van der Waals surface area contributed by atoms with Crippen LogP contribution in [0.5, 0.6) is 0 Å². The molecule has 0 spiro atoms. The van der Waals surface area contributed by atoms with Gasteiger partial charge < -0.3 is 4.90 Å². The van der Waals surface area contributed by atoms with Crippen molar-refractivity contribution >= 4 is 26.5 Å². The molecule has 1 saturated heterocycles. The van der Waals surface area contributed by atoms with E-state index in [0.717, 1.165) is 34.8 Å². The van der Waals surface area contributed by atoms with E-state index in [0.29, 0.717) is 31.1 Å². The average molecular weight is 484 g/mol. The van der Waals surface area contributed by atoms with Crippen molar-refractivity contribution in [3.63, 3.8) is 0 Å². The number of hydrogen-bond donors (Lipinski definition) is 0. The van der Waals surface area contributed by atoms with Gasteiger partial charge in [-0.3, -0.25) is 0 Å². The first kappa shape index (κ1) is 23.9. The van der Waals surface area contributed by atoms with Crippen molar-refractivity contribution in [1.82, 2.24) is 9.29 Å². The first-order chi connectivity index (χ1) is 15.7. The van der Waals surface area contributed by atoms with Gasteiger partial charge in [-0.15, -0.1) is 11.3 Å². The first-order valence-corrected chi connectivity index (χ1v) is 13.9. The second kappa shape index (κ2) is 9.57. The molecule has 0 bridgehead atoms. The summed E-state index contributed by atoms with van der Waals surface area (Å²) in [6, 6.07) is 16.0. The molecule has 5 nitrogen and oxygen atoms in total. The summed E-state index contributed by atoms with van der Waals surface area (Å²) in [5, 5.41) is 3.04. The summed E-state index contributed by atoms with van der Waals surface area (Å²) < 4.78 is 27.9. The molecule has 7 heteroatoms. The predicted octanol–water partition coefficient (Wildman–Crippen LogP) is 5.57. The molecule has 0 N–H and O–H groups in total. The minimum absolute atomic E-state index is 0.00196. The maximum Gasteiger partial charge on any atom is 0.243 e. The quantitative estimate of drug-likeness (QED) is 0.460. The number of aromatic nitrogens is 1. The molecule has 1 aliphatic rings. The van der Waals surface area contributed by atoms with E-state index in [1.54, 1.807) is 27.8 Å². The van der Waals surface area contributed by atoms with Gasteiger partial charge in [0.25, 0.3) is 0 Å². The van der Waals surface area contributed by atoms with Gasteiger partial charge in [-0.1, -0.05) is 70.5 Å². The molecule has 2 aromatic carbocycles. The summed E-state index contributed by atoms with van der Waals surface area (Å²) >= 11 is 1.62. The fourth-order valence-corrected chi connectivity index (χ4v) is 6.38. The molecule has 0 unspecified atom stereocenters. The molecule has 0 amide bonds. The topological polar surface area (TPSA) is 53.5 Å². The number of rotatable bonds is 6. The molecule has 1 fully saturated rings. The third-order valence-corrected chi connectivity index (χ3v) is 8.96. The summed E-state index contributed by atoms with van der Waals surface area (Å²) in [7, 11) is -3.49. The van der Waals surface area contributed by atoms with Gasteiger partial charge >= 0.3 is 0 Å². The van der Waals surface area contributed by atoms with Crippen molar-refractivity contribution in [1.29, 1.82) is 0 Å². The summed E-state index contributed by atoms with van der Waals surface area (Å²) in [4.78, 5) is 7.39. The molecular weight excluding hydrogens is 450 g/mol. The zero-order valence-electron chi connectivity index (χ0n) is 19.9. The van der Waals surface area contributed by atoms with E-state index < -0.39 is 10.0 Å². The molecule has 33 heavy (non-hydrogen) atoms. The Morgan fingerprint density at radius 3 is 2.15 bits per heavy atom. The van der Waals surface area contributed by atoms with Gasteiger partial charge in [0.2, 0.25) is 10.0 Å². The number of aryl methyl sites for hydroxylation is 1. The van der Waals surface area contributed by atoms with Crippen molar-refractivity contribution in [2.24, 2.45) is 0 Å².